The van der Waals surface area contributed by atoms with E-state index in [1.807, 2.05) is 0 Å². The number of nitrogens with one attached hydrogen (secondary N) is 1. The number of hydrogen-bond acceptors (Lipinski definition) is 0. The molecule has 2 nitrogen and oxygen atoms in total. The van der Waals surface area contributed by atoms with Crippen molar-refractivity contribution in [2.75, 3.05) is 20.6 Å². The highest BCUT2D eigenvalue weighted by Gasteiger charge is 2.35. The zero-order valence-electron chi connectivity index (χ0n) is 12.4. The molecule has 1 fully saturated rings. The summed E-state index contributed by atoms with van der Waals surface area (Å²) in [6.07, 6.45) is 5.17. The molecule has 1 aromatic heterocycles. The van der Waals surface area contributed by atoms with Crippen molar-refractivity contribution in [1.82, 2.24) is 4.98 Å². The molecule has 3 rings (SSSR count). The van der Waals surface area contributed by atoms with Gasteiger partial charge in [-0.1, -0.05) is 25.1 Å². The predicted octanol–water partition coefficient (Wildman–Crippen LogP) is 4.03. The van der Waals surface area contributed by atoms with Crippen LogP contribution in [-0.4, -0.2) is 30.1 Å². The van der Waals surface area contributed by atoms with Crippen LogP contribution in [0.2, 0.25) is 0 Å². The number of hydrogen-bond donors (Lipinski definition) is 1. The van der Waals surface area contributed by atoms with E-state index < -0.39 is 0 Å². The van der Waals surface area contributed by atoms with Crippen molar-refractivity contribution in [3.8, 4) is 0 Å². The SMILES string of the molecule is CCc1c(C2CCCC[N+]2(C)C)[nH]c2ccccc12. The van der Waals surface area contributed by atoms with E-state index in [1.165, 1.54) is 48.0 Å². The van der Waals surface area contributed by atoms with Gasteiger partial charge in [0.2, 0.25) is 0 Å². The molecule has 0 aliphatic carbocycles. The van der Waals surface area contributed by atoms with Crippen LogP contribution in [0.4, 0.5) is 0 Å². The van der Waals surface area contributed by atoms with E-state index in [4.69, 9.17) is 0 Å². The molecule has 2 aromatic rings. The van der Waals surface area contributed by atoms with Crippen molar-refractivity contribution in [3.05, 3.63) is 35.5 Å². The maximum Gasteiger partial charge on any atom is 0.129 e. The largest absolute Gasteiger partial charge is 0.353 e. The Kier molecular flexibility index (Phi) is 3.14. The monoisotopic (exact) mass is 257 g/mol. The van der Waals surface area contributed by atoms with Gasteiger partial charge in [0.1, 0.15) is 6.04 Å². The molecule has 0 amide bonds. The standard InChI is InChI=1S/C17H25N2/c1-4-13-14-9-5-6-10-15(14)18-17(13)16-11-7-8-12-19(16,2)3/h5-6,9-10,16,18H,4,7-8,11-12H2,1-3H3/q+1. The van der Waals surface area contributed by atoms with Gasteiger partial charge in [-0.15, -0.1) is 0 Å². The lowest BCUT2D eigenvalue weighted by atomic mass is 9.94. The van der Waals surface area contributed by atoms with E-state index in [9.17, 15) is 0 Å². The second-order valence-corrected chi connectivity index (χ2v) is 6.43. The molecule has 0 bridgehead atoms. The van der Waals surface area contributed by atoms with Crippen LogP contribution < -0.4 is 0 Å². The third kappa shape index (κ3) is 2.08. The molecule has 1 atom stereocenters. The quantitative estimate of drug-likeness (QED) is 0.782. The molecule has 0 spiro atoms. The molecule has 1 aromatic carbocycles. The van der Waals surface area contributed by atoms with E-state index in [0.29, 0.717) is 6.04 Å². The van der Waals surface area contributed by atoms with Crippen LogP contribution in [0, 0.1) is 0 Å². The molecular formula is C17H25N2+. The molecular weight excluding hydrogens is 232 g/mol. The third-order valence-corrected chi connectivity index (χ3v) is 4.84. The number of fused-ring (bicyclic) bond motifs is 1. The lowest BCUT2D eigenvalue weighted by Gasteiger charge is -2.41. The molecule has 102 valence electrons. The van der Waals surface area contributed by atoms with Crippen LogP contribution in [0.1, 0.15) is 43.5 Å². The smallest absolute Gasteiger partial charge is 0.129 e. The average Bonchev–Trinajstić information content (AvgIpc) is 2.76. The summed E-state index contributed by atoms with van der Waals surface area (Å²) < 4.78 is 1.12. The normalized spacial score (nSPS) is 22.8. The number of aromatic amines is 1. The maximum atomic E-state index is 3.72. The van der Waals surface area contributed by atoms with Crippen molar-refractivity contribution in [1.29, 1.82) is 0 Å². The minimum atomic E-state index is 0.635. The Labute approximate surface area is 116 Å². The first-order chi connectivity index (χ1) is 9.13. The summed E-state index contributed by atoms with van der Waals surface area (Å²) in [5, 5.41) is 1.42. The van der Waals surface area contributed by atoms with E-state index in [1.54, 1.807) is 0 Å². The maximum absolute atomic E-state index is 3.72. The Bertz CT molecular complexity index is 580. The molecule has 1 aliphatic rings. The minimum absolute atomic E-state index is 0.635. The molecule has 1 unspecified atom stereocenters. The Morgan fingerprint density at radius 2 is 2.00 bits per heavy atom. The van der Waals surface area contributed by atoms with Gasteiger partial charge in [-0.25, -0.2) is 0 Å². The summed E-state index contributed by atoms with van der Waals surface area (Å²) in [6.45, 7) is 3.57. The molecule has 2 heterocycles. The van der Waals surface area contributed by atoms with Crippen molar-refractivity contribution in [3.63, 3.8) is 0 Å². The number of benzene rings is 1. The van der Waals surface area contributed by atoms with Crippen LogP contribution in [0.25, 0.3) is 10.9 Å². The van der Waals surface area contributed by atoms with Gasteiger partial charge in [0, 0.05) is 17.3 Å². The van der Waals surface area contributed by atoms with Gasteiger partial charge < -0.3 is 9.47 Å². The molecule has 1 aliphatic heterocycles. The number of H-pyrrole nitrogens is 1. The average molecular weight is 257 g/mol. The van der Waals surface area contributed by atoms with E-state index >= 15 is 0 Å². The van der Waals surface area contributed by atoms with Crippen molar-refractivity contribution in [2.24, 2.45) is 0 Å². The van der Waals surface area contributed by atoms with Crippen LogP contribution in [0.5, 0.6) is 0 Å². The van der Waals surface area contributed by atoms with Crippen LogP contribution in [0.3, 0.4) is 0 Å². The van der Waals surface area contributed by atoms with Crippen LogP contribution in [-0.2, 0) is 6.42 Å². The Morgan fingerprint density at radius 1 is 1.21 bits per heavy atom. The number of nitrogens with zero attached hydrogens (tertiary/aromatic N) is 1. The van der Waals surface area contributed by atoms with E-state index in [0.717, 1.165) is 10.9 Å². The molecule has 19 heavy (non-hydrogen) atoms. The van der Waals surface area contributed by atoms with Crippen LogP contribution >= 0.6 is 0 Å². The highest BCUT2D eigenvalue weighted by molar-refractivity contribution is 5.84. The summed E-state index contributed by atoms with van der Waals surface area (Å²) in [4.78, 5) is 3.72. The lowest BCUT2D eigenvalue weighted by Crippen LogP contribution is -2.46. The first kappa shape index (κ1) is 12.7. The number of piperidine rings is 1. The number of para-hydroxylation sites is 1. The highest BCUT2D eigenvalue weighted by Crippen LogP contribution is 2.38. The van der Waals surface area contributed by atoms with Gasteiger partial charge in [0.15, 0.2) is 0 Å². The molecule has 1 saturated heterocycles. The highest BCUT2D eigenvalue weighted by atomic mass is 15.3. The summed E-state index contributed by atoms with van der Waals surface area (Å²) >= 11 is 0. The van der Waals surface area contributed by atoms with E-state index in [-0.39, 0.29) is 0 Å². The number of aryl methyl sites for hydroxylation is 1. The van der Waals surface area contributed by atoms with Gasteiger partial charge >= 0.3 is 0 Å². The van der Waals surface area contributed by atoms with Gasteiger partial charge in [-0.3, -0.25) is 0 Å². The lowest BCUT2D eigenvalue weighted by molar-refractivity contribution is -0.926. The molecule has 2 heteroatoms. The number of rotatable bonds is 2. The topological polar surface area (TPSA) is 15.8 Å². The fourth-order valence-electron chi connectivity index (χ4n) is 3.74. The molecule has 1 N–H and O–H groups in total. The zero-order chi connectivity index (χ0) is 13.5. The Hall–Kier alpha value is -1.28. The van der Waals surface area contributed by atoms with Crippen molar-refractivity contribution in [2.45, 2.75) is 38.6 Å². The Morgan fingerprint density at radius 3 is 2.74 bits per heavy atom. The van der Waals surface area contributed by atoms with Gasteiger partial charge in [0.05, 0.1) is 26.3 Å². The Balaban J connectivity index is 2.13. The van der Waals surface area contributed by atoms with Gasteiger partial charge in [-0.05, 0) is 30.9 Å². The van der Waals surface area contributed by atoms with Crippen molar-refractivity contribution >= 4 is 10.9 Å². The summed E-state index contributed by atoms with van der Waals surface area (Å²) in [5.74, 6) is 0. The second-order valence-electron chi connectivity index (χ2n) is 6.43. The van der Waals surface area contributed by atoms with E-state index in [2.05, 4.69) is 50.3 Å². The fourth-order valence-corrected chi connectivity index (χ4v) is 3.74. The first-order valence-electron chi connectivity index (χ1n) is 7.55. The summed E-state index contributed by atoms with van der Waals surface area (Å²) in [5.41, 5.74) is 4.34. The second kappa shape index (κ2) is 4.68. The minimum Gasteiger partial charge on any atom is -0.353 e. The van der Waals surface area contributed by atoms with Gasteiger partial charge in [-0.2, -0.15) is 0 Å². The first-order valence-corrected chi connectivity index (χ1v) is 7.55. The summed E-state index contributed by atoms with van der Waals surface area (Å²) in [7, 11) is 4.77. The molecule has 0 radical (unpaired) electrons. The number of quaternary nitrogens is 1. The number of likely N-dealkylation sites (tertiary alicyclic amines) is 1. The summed E-state index contributed by atoms with van der Waals surface area (Å²) in [6, 6.07) is 9.39. The van der Waals surface area contributed by atoms with Gasteiger partial charge in [0.25, 0.3) is 0 Å². The third-order valence-electron chi connectivity index (χ3n) is 4.84. The zero-order valence-corrected chi connectivity index (χ0v) is 12.4. The predicted molar refractivity (Wildman–Crippen MR) is 81.2 cm³/mol. The van der Waals surface area contributed by atoms with Crippen LogP contribution in [0.15, 0.2) is 24.3 Å². The fraction of sp³-hybridized carbons (Fsp3) is 0.529. The van der Waals surface area contributed by atoms with Crippen molar-refractivity contribution < 1.29 is 4.48 Å². The molecule has 0 saturated carbocycles. The number of aromatic nitrogens is 1.